The fourth-order valence-corrected chi connectivity index (χ4v) is 2.23. The number of benzene rings is 1. The molecule has 0 atom stereocenters. The number of carbonyl (C=O) groups excluding carboxylic acids is 1. The summed E-state index contributed by atoms with van der Waals surface area (Å²) >= 11 is 0. The van der Waals surface area contributed by atoms with Gasteiger partial charge < -0.3 is 0 Å². The van der Waals surface area contributed by atoms with Gasteiger partial charge in [0.25, 0.3) is 0 Å². The van der Waals surface area contributed by atoms with Crippen LogP contribution in [0.4, 0.5) is 0 Å². The van der Waals surface area contributed by atoms with Crippen LogP contribution in [-0.4, -0.2) is 5.78 Å². The van der Waals surface area contributed by atoms with E-state index in [1.807, 2.05) is 44.2 Å². The molecule has 0 radical (unpaired) electrons. The molecular formula is C15H18O. The van der Waals surface area contributed by atoms with E-state index in [1.54, 1.807) is 0 Å². The van der Waals surface area contributed by atoms with E-state index >= 15 is 0 Å². The van der Waals surface area contributed by atoms with Crippen LogP contribution in [0.5, 0.6) is 0 Å². The van der Waals surface area contributed by atoms with E-state index in [0.717, 1.165) is 18.4 Å². The lowest BCUT2D eigenvalue weighted by Crippen LogP contribution is -2.34. The van der Waals surface area contributed by atoms with Crippen molar-refractivity contribution in [2.75, 3.05) is 0 Å². The zero-order valence-corrected chi connectivity index (χ0v) is 9.99. The maximum atomic E-state index is 12.2. The van der Waals surface area contributed by atoms with Crippen molar-refractivity contribution in [1.29, 1.82) is 0 Å². The lowest BCUT2D eigenvalue weighted by molar-refractivity contribution is -0.123. The Kier molecular flexibility index (Phi) is 4.31. The molecule has 16 heavy (non-hydrogen) atoms. The number of Topliss-reactive ketones (excluding diaryl/α,β-unsaturated/α-hetero) is 1. The van der Waals surface area contributed by atoms with Gasteiger partial charge in [-0.3, -0.25) is 4.79 Å². The maximum Gasteiger partial charge on any atom is 0.155 e. The maximum absolute atomic E-state index is 12.2. The molecule has 0 unspecified atom stereocenters. The van der Waals surface area contributed by atoms with Gasteiger partial charge >= 0.3 is 0 Å². The SMILES string of the molecule is C#CCC(=O)C(CC)(CC)c1ccccc1. The predicted octanol–water partition coefficient (Wildman–Crippen LogP) is 3.34. The van der Waals surface area contributed by atoms with Gasteiger partial charge in [-0.15, -0.1) is 6.42 Å². The second-order valence-corrected chi connectivity index (χ2v) is 3.96. The largest absolute Gasteiger partial charge is 0.298 e. The monoisotopic (exact) mass is 214 g/mol. The van der Waals surface area contributed by atoms with Gasteiger partial charge in [0.15, 0.2) is 5.78 Å². The van der Waals surface area contributed by atoms with Gasteiger partial charge in [0.05, 0.1) is 11.8 Å². The Morgan fingerprint density at radius 1 is 1.25 bits per heavy atom. The molecule has 1 aromatic carbocycles. The molecule has 0 fully saturated rings. The lowest BCUT2D eigenvalue weighted by atomic mass is 9.71. The van der Waals surface area contributed by atoms with Crippen LogP contribution in [0.2, 0.25) is 0 Å². The number of ketones is 1. The zero-order valence-electron chi connectivity index (χ0n) is 9.99. The summed E-state index contributed by atoms with van der Waals surface area (Å²) in [6.45, 7) is 4.09. The Morgan fingerprint density at radius 3 is 2.25 bits per heavy atom. The topological polar surface area (TPSA) is 17.1 Å². The van der Waals surface area contributed by atoms with Crippen molar-refractivity contribution < 1.29 is 4.79 Å². The van der Waals surface area contributed by atoms with Crippen molar-refractivity contribution in [3.63, 3.8) is 0 Å². The zero-order chi connectivity index (χ0) is 12.0. The highest BCUT2D eigenvalue weighted by Gasteiger charge is 2.35. The highest BCUT2D eigenvalue weighted by molar-refractivity contribution is 5.91. The minimum absolute atomic E-state index is 0.159. The van der Waals surface area contributed by atoms with Crippen molar-refractivity contribution in [2.45, 2.75) is 38.5 Å². The molecule has 0 saturated heterocycles. The summed E-state index contributed by atoms with van der Waals surface area (Å²) in [6.07, 6.45) is 7.06. The Balaban J connectivity index is 3.17. The molecule has 1 nitrogen and oxygen atoms in total. The Bertz CT molecular complexity index is 380. The van der Waals surface area contributed by atoms with E-state index < -0.39 is 5.41 Å². The van der Waals surface area contributed by atoms with E-state index in [0.29, 0.717) is 0 Å². The lowest BCUT2D eigenvalue weighted by Gasteiger charge is -2.30. The Labute approximate surface area is 97.9 Å². The molecule has 0 aromatic heterocycles. The van der Waals surface area contributed by atoms with E-state index in [4.69, 9.17) is 6.42 Å². The van der Waals surface area contributed by atoms with E-state index in [1.165, 1.54) is 0 Å². The molecule has 0 N–H and O–H groups in total. The van der Waals surface area contributed by atoms with Crippen LogP contribution >= 0.6 is 0 Å². The van der Waals surface area contributed by atoms with Crippen LogP contribution in [-0.2, 0) is 10.2 Å². The van der Waals surface area contributed by atoms with Crippen molar-refractivity contribution in [3.8, 4) is 12.3 Å². The molecule has 0 heterocycles. The van der Waals surface area contributed by atoms with Crippen molar-refractivity contribution in [1.82, 2.24) is 0 Å². The first kappa shape index (κ1) is 12.5. The fraction of sp³-hybridized carbons (Fsp3) is 0.400. The van der Waals surface area contributed by atoms with Crippen molar-refractivity contribution >= 4 is 5.78 Å². The van der Waals surface area contributed by atoms with E-state index in [2.05, 4.69) is 5.92 Å². The molecule has 0 aliphatic carbocycles. The van der Waals surface area contributed by atoms with Gasteiger partial charge in [0.2, 0.25) is 0 Å². The van der Waals surface area contributed by atoms with Crippen LogP contribution < -0.4 is 0 Å². The van der Waals surface area contributed by atoms with Crippen molar-refractivity contribution in [2.24, 2.45) is 0 Å². The average molecular weight is 214 g/mol. The van der Waals surface area contributed by atoms with Gasteiger partial charge in [-0.1, -0.05) is 50.1 Å². The highest BCUT2D eigenvalue weighted by atomic mass is 16.1. The summed E-state index contributed by atoms with van der Waals surface area (Å²) < 4.78 is 0. The fourth-order valence-electron chi connectivity index (χ4n) is 2.23. The van der Waals surface area contributed by atoms with Gasteiger partial charge in [0.1, 0.15) is 0 Å². The molecule has 1 rings (SSSR count). The summed E-state index contributed by atoms with van der Waals surface area (Å²) in [5.41, 5.74) is 0.688. The molecule has 0 spiro atoms. The Morgan fingerprint density at radius 2 is 1.81 bits per heavy atom. The summed E-state index contributed by atoms with van der Waals surface area (Å²) in [7, 11) is 0. The second-order valence-electron chi connectivity index (χ2n) is 3.96. The third-order valence-electron chi connectivity index (χ3n) is 3.33. The Hall–Kier alpha value is -1.55. The molecule has 0 amide bonds. The summed E-state index contributed by atoms with van der Waals surface area (Å²) in [5, 5.41) is 0. The van der Waals surface area contributed by atoms with Gasteiger partial charge in [0, 0.05) is 0 Å². The van der Waals surface area contributed by atoms with Crippen molar-refractivity contribution in [3.05, 3.63) is 35.9 Å². The van der Waals surface area contributed by atoms with Crippen LogP contribution in [0.1, 0.15) is 38.7 Å². The first-order valence-corrected chi connectivity index (χ1v) is 5.73. The standard InChI is InChI=1S/C15H18O/c1-4-10-14(16)15(5-2,6-3)13-11-8-7-9-12-13/h1,7-9,11-12H,5-6,10H2,2-3H3. The van der Waals surface area contributed by atoms with Crippen LogP contribution in [0.15, 0.2) is 30.3 Å². The molecule has 84 valence electrons. The van der Waals surface area contributed by atoms with Gasteiger partial charge in [-0.25, -0.2) is 0 Å². The normalized spacial score (nSPS) is 10.8. The second kappa shape index (κ2) is 5.51. The van der Waals surface area contributed by atoms with Gasteiger partial charge in [-0.2, -0.15) is 0 Å². The number of carbonyl (C=O) groups is 1. The quantitative estimate of drug-likeness (QED) is 0.687. The smallest absolute Gasteiger partial charge is 0.155 e. The average Bonchev–Trinajstić information content (AvgIpc) is 2.33. The number of hydrogen-bond acceptors (Lipinski definition) is 1. The first-order chi connectivity index (χ1) is 7.71. The minimum Gasteiger partial charge on any atom is -0.298 e. The molecule has 0 bridgehead atoms. The highest BCUT2D eigenvalue weighted by Crippen LogP contribution is 2.33. The van der Waals surface area contributed by atoms with E-state index in [9.17, 15) is 4.79 Å². The molecule has 0 aliphatic rings. The molecule has 0 saturated carbocycles. The summed E-state index contributed by atoms with van der Waals surface area (Å²) in [6, 6.07) is 9.94. The molecule has 1 aromatic rings. The summed E-state index contributed by atoms with van der Waals surface area (Å²) in [5.74, 6) is 2.62. The van der Waals surface area contributed by atoms with E-state index in [-0.39, 0.29) is 12.2 Å². The van der Waals surface area contributed by atoms with Crippen LogP contribution in [0.25, 0.3) is 0 Å². The third kappa shape index (κ3) is 2.17. The van der Waals surface area contributed by atoms with Crippen LogP contribution in [0.3, 0.4) is 0 Å². The third-order valence-corrected chi connectivity index (χ3v) is 3.33. The first-order valence-electron chi connectivity index (χ1n) is 5.73. The molecule has 1 heteroatoms. The number of hydrogen-bond donors (Lipinski definition) is 0. The van der Waals surface area contributed by atoms with Crippen LogP contribution in [0, 0.1) is 12.3 Å². The van der Waals surface area contributed by atoms with Gasteiger partial charge in [-0.05, 0) is 18.4 Å². The number of terminal acetylenes is 1. The number of rotatable bonds is 5. The molecule has 0 aliphatic heterocycles. The predicted molar refractivity (Wildman–Crippen MR) is 67.2 cm³/mol. The summed E-state index contributed by atoms with van der Waals surface area (Å²) in [4.78, 5) is 12.2. The minimum atomic E-state index is -0.395. The molecular weight excluding hydrogens is 196 g/mol.